The van der Waals surface area contributed by atoms with E-state index in [0.29, 0.717) is 17.0 Å². The molecular weight excluding hydrogens is 414 g/mol. The van der Waals surface area contributed by atoms with Gasteiger partial charge >= 0.3 is 0 Å². The average molecular weight is 432 g/mol. The molecule has 8 heteroatoms. The van der Waals surface area contributed by atoms with Crippen molar-refractivity contribution in [3.8, 4) is 17.0 Å². The number of nitrogens with one attached hydrogen (secondary N) is 1. The van der Waals surface area contributed by atoms with Crippen LogP contribution >= 0.6 is 15.9 Å². The first-order valence-electron chi connectivity index (χ1n) is 8.42. The summed E-state index contributed by atoms with van der Waals surface area (Å²) in [5, 5.41) is 7.07. The standard InChI is InChI=1S/C19H18BrN3O4/c1-2-26-14-5-3-13(4-6-14)15-7-10-18(24)23(22-15)12-11-21-19(25)16-8-9-17(20)27-16/h3-10H,2,11-12H2,1H3,(H,21,25). The van der Waals surface area contributed by atoms with Crippen LogP contribution in [0.1, 0.15) is 17.5 Å². The maximum atomic E-state index is 12.0. The SMILES string of the molecule is CCOc1ccc(-c2ccc(=O)n(CCNC(=O)c3ccc(Br)o3)n2)cc1. The fraction of sp³-hybridized carbons (Fsp3) is 0.211. The minimum absolute atomic E-state index is 0.199. The van der Waals surface area contributed by atoms with Gasteiger partial charge in [-0.05, 0) is 65.3 Å². The Labute approximate surface area is 164 Å². The molecule has 140 valence electrons. The minimum Gasteiger partial charge on any atom is -0.494 e. The van der Waals surface area contributed by atoms with Gasteiger partial charge in [-0.2, -0.15) is 5.10 Å². The van der Waals surface area contributed by atoms with E-state index in [-0.39, 0.29) is 30.3 Å². The first kappa shape index (κ1) is 18.9. The number of halogens is 1. The second-order valence-corrected chi connectivity index (χ2v) is 6.38. The molecular formula is C19H18BrN3O4. The van der Waals surface area contributed by atoms with Gasteiger partial charge in [-0.1, -0.05) is 0 Å². The van der Waals surface area contributed by atoms with E-state index in [1.54, 1.807) is 18.2 Å². The van der Waals surface area contributed by atoms with E-state index in [1.807, 2.05) is 31.2 Å². The lowest BCUT2D eigenvalue weighted by molar-refractivity contribution is 0.0922. The number of hydrogen-bond donors (Lipinski definition) is 1. The van der Waals surface area contributed by atoms with Crippen LogP contribution < -0.4 is 15.6 Å². The maximum absolute atomic E-state index is 12.0. The van der Waals surface area contributed by atoms with Crippen LogP contribution in [0.25, 0.3) is 11.3 Å². The lowest BCUT2D eigenvalue weighted by Crippen LogP contribution is -2.31. The van der Waals surface area contributed by atoms with Crippen LogP contribution in [0, 0.1) is 0 Å². The molecule has 0 aliphatic heterocycles. The number of carbonyl (C=O) groups excluding carboxylic acids is 1. The molecule has 0 saturated carbocycles. The monoisotopic (exact) mass is 431 g/mol. The van der Waals surface area contributed by atoms with Gasteiger partial charge in [0.1, 0.15) is 5.75 Å². The van der Waals surface area contributed by atoms with E-state index in [9.17, 15) is 9.59 Å². The third-order valence-corrected chi connectivity index (χ3v) is 4.16. The Hall–Kier alpha value is -2.87. The zero-order chi connectivity index (χ0) is 19.2. The van der Waals surface area contributed by atoms with Crippen molar-refractivity contribution in [2.24, 2.45) is 0 Å². The summed E-state index contributed by atoms with van der Waals surface area (Å²) in [6.07, 6.45) is 0. The molecule has 0 saturated heterocycles. The molecule has 3 aromatic rings. The molecule has 2 heterocycles. The van der Waals surface area contributed by atoms with Crippen molar-refractivity contribution < 1.29 is 13.9 Å². The number of benzene rings is 1. The van der Waals surface area contributed by atoms with Gasteiger partial charge in [0.2, 0.25) is 0 Å². The van der Waals surface area contributed by atoms with E-state index in [1.165, 1.54) is 10.7 Å². The van der Waals surface area contributed by atoms with Crippen LogP contribution in [0.2, 0.25) is 0 Å². The lowest BCUT2D eigenvalue weighted by Gasteiger charge is -2.09. The predicted octanol–water partition coefficient (Wildman–Crippen LogP) is 3.09. The van der Waals surface area contributed by atoms with E-state index in [0.717, 1.165) is 11.3 Å². The van der Waals surface area contributed by atoms with Crippen molar-refractivity contribution in [2.45, 2.75) is 13.5 Å². The number of ether oxygens (including phenoxy) is 1. The molecule has 27 heavy (non-hydrogen) atoms. The molecule has 0 spiro atoms. The van der Waals surface area contributed by atoms with Gasteiger partial charge < -0.3 is 14.5 Å². The third kappa shape index (κ3) is 4.85. The number of aromatic nitrogens is 2. The molecule has 2 aromatic heterocycles. The van der Waals surface area contributed by atoms with E-state index in [4.69, 9.17) is 9.15 Å². The number of furan rings is 1. The quantitative estimate of drug-likeness (QED) is 0.620. The summed E-state index contributed by atoms with van der Waals surface area (Å²) >= 11 is 3.15. The number of rotatable bonds is 7. The highest BCUT2D eigenvalue weighted by Gasteiger charge is 2.10. The van der Waals surface area contributed by atoms with Crippen LogP contribution in [0.15, 0.2) is 62.4 Å². The fourth-order valence-corrected chi connectivity index (χ4v) is 2.76. The molecule has 0 aliphatic rings. The third-order valence-electron chi connectivity index (χ3n) is 3.73. The zero-order valence-electron chi connectivity index (χ0n) is 14.6. The molecule has 0 aliphatic carbocycles. The summed E-state index contributed by atoms with van der Waals surface area (Å²) in [6, 6.07) is 13.8. The largest absolute Gasteiger partial charge is 0.494 e. The Balaban J connectivity index is 1.66. The molecule has 7 nitrogen and oxygen atoms in total. The van der Waals surface area contributed by atoms with Gasteiger partial charge in [0.15, 0.2) is 10.4 Å². The van der Waals surface area contributed by atoms with Crippen molar-refractivity contribution in [3.63, 3.8) is 0 Å². The summed E-state index contributed by atoms with van der Waals surface area (Å²) in [5.74, 6) is 0.628. The smallest absolute Gasteiger partial charge is 0.287 e. The molecule has 0 atom stereocenters. The second kappa shape index (κ2) is 8.68. The van der Waals surface area contributed by atoms with Crippen molar-refractivity contribution in [3.05, 3.63) is 69.3 Å². The number of nitrogens with zero attached hydrogens (tertiary/aromatic N) is 2. The normalized spacial score (nSPS) is 10.6. The van der Waals surface area contributed by atoms with E-state index >= 15 is 0 Å². The van der Waals surface area contributed by atoms with E-state index < -0.39 is 0 Å². The molecule has 0 unspecified atom stereocenters. The molecule has 0 radical (unpaired) electrons. The number of hydrogen-bond acceptors (Lipinski definition) is 5. The summed E-state index contributed by atoms with van der Waals surface area (Å²) in [4.78, 5) is 24.0. The summed E-state index contributed by atoms with van der Waals surface area (Å²) < 4.78 is 12.4. The highest BCUT2D eigenvalue weighted by atomic mass is 79.9. The molecule has 1 aromatic carbocycles. The first-order chi connectivity index (χ1) is 13.1. The Bertz CT molecular complexity index is 979. The molecule has 0 bridgehead atoms. The zero-order valence-corrected chi connectivity index (χ0v) is 16.2. The average Bonchev–Trinajstić information content (AvgIpc) is 3.11. The van der Waals surface area contributed by atoms with Crippen molar-refractivity contribution in [1.29, 1.82) is 0 Å². The van der Waals surface area contributed by atoms with E-state index in [2.05, 4.69) is 26.3 Å². The van der Waals surface area contributed by atoms with Crippen LogP contribution in [0.3, 0.4) is 0 Å². The fourth-order valence-electron chi connectivity index (χ4n) is 2.45. The maximum Gasteiger partial charge on any atom is 0.287 e. The van der Waals surface area contributed by atoms with Gasteiger partial charge in [-0.25, -0.2) is 4.68 Å². The summed E-state index contributed by atoms with van der Waals surface area (Å²) in [5.41, 5.74) is 1.30. The first-order valence-corrected chi connectivity index (χ1v) is 9.21. The van der Waals surface area contributed by atoms with Crippen molar-refractivity contribution >= 4 is 21.8 Å². The highest BCUT2D eigenvalue weighted by molar-refractivity contribution is 9.10. The summed E-state index contributed by atoms with van der Waals surface area (Å²) in [6.45, 7) is 3.02. The highest BCUT2D eigenvalue weighted by Crippen LogP contribution is 2.19. The molecule has 0 fully saturated rings. The Morgan fingerprint density at radius 1 is 1.19 bits per heavy atom. The molecule has 1 amide bonds. The topological polar surface area (TPSA) is 86.4 Å². The van der Waals surface area contributed by atoms with Gasteiger partial charge in [-0.15, -0.1) is 0 Å². The summed E-state index contributed by atoms with van der Waals surface area (Å²) in [7, 11) is 0. The van der Waals surface area contributed by atoms with Crippen molar-refractivity contribution in [2.75, 3.05) is 13.2 Å². The Kier molecular flexibility index (Phi) is 6.08. The van der Waals surface area contributed by atoms with Gasteiger partial charge in [-0.3, -0.25) is 9.59 Å². The van der Waals surface area contributed by atoms with Crippen LogP contribution in [0.4, 0.5) is 0 Å². The van der Waals surface area contributed by atoms with Crippen LogP contribution in [-0.2, 0) is 6.54 Å². The minimum atomic E-state index is -0.351. The molecule has 3 rings (SSSR count). The van der Waals surface area contributed by atoms with Gasteiger partial charge in [0.05, 0.1) is 18.8 Å². The van der Waals surface area contributed by atoms with Crippen LogP contribution in [-0.4, -0.2) is 28.8 Å². The van der Waals surface area contributed by atoms with Crippen LogP contribution in [0.5, 0.6) is 5.75 Å². The predicted molar refractivity (Wildman–Crippen MR) is 104 cm³/mol. The molecule has 1 N–H and O–H groups in total. The van der Waals surface area contributed by atoms with Gasteiger partial charge in [0, 0.05) is 18.2 Å². The number of carbonyl (C=O) groups is 1. The lowest BCUT2D eigenvalue weighted by atomic mass is 10.1. The Morgan fingerprint density at radius 2 is 1.96 bits per heavy atom. The number of amides is 1. The van der Waals surface area contributed by atoms with Crippen molar-refractivity contribution in [1.82, 2.24) is 15.1 Å². The Morgan fingerprint density at radius 3 is 2.63 bits per heavy atom. The van der Waals surface area contributed by atoms with Gasteiger partial charge in [0.25, 0.3) is 11.5 Å². The second-order valence-electron chi connectivity index (χ2n) is 5.60.